The molecule has 0 spiro atoms. The molecule has 0 aliphatic rings. The number of anilines is 1. The number of benzene rings is 1. The van der Waals surface area contributed by atoms with Crippen molar-refractivity contribution in [1.29, 1.82) is 0 Å². The minimum Gasteiger partial charge on any atom is -0.378 e. The van der Waals surface area contributed by atoms with Crippen LogP contribution in [0.2, 0.25) is 0 Å². The Kier molecular flexibility index (Phi) is 4.51. The lowest BCUT2D eigenvalue weighted by molar-refractivity contribution is -0.121. The van der Waals surface area contributed by atoms with Crippen LogP contribution in [0.5, 0.6) is 0 Å². The molecule has 8 heteroatoms. The molecule has 0 saturated carbocycles. The molecule has 0 saturated heterocycles. The van der Waals surface area contributed by atoms with E-state index in [-0.39, 0.29) is 18.0 Å². The largest absolute Gasteiger partial charge is 0.378 e. The van der Waals surface area contributed by atoms with Gasteiger partial charge in [0.25, 0.3) is 5.56 Å². The molecule has 3 rings (SSSR count). The highest BCUT2D eigenvalue weighted by Gasteiger charge is 2.10. The van der Waals surface area contributed by atoms with E-state index in [0.717, 1.165) is 11.3 Å². The van der Waals surface area contributed by atoms with Crippen molar-refractivity contribution in [2.45, 2.75) is 13.1 Å². The molecule has 0 radical (unpaired) electrons. The molecule has 0 bridgehead atoms. The van der Waals surface area contributed by atoms with Gasteiger partial charge in [0.05, 0.1) is 6.20 Å². The molecule has 1 N–H and O–H groups in total. The van der Waals surface area contributed by atoms with Crippen LogP contribution in [0.25, 0.3) is 11.0 Å². The monoisotopic (exact) mass is 340 g/mol. The second-order valence-electron chi connectivity index (χ2n) is 6.02. The van der Waals surface area contributed by atoms with Gasteiger partial charge in [0.15, 0.2) is 5.65 Å². The third kappa shape index (κ3) is 3.52. The van der Waals surface area contributed by atoms with Crippen LogP contribution in [0.3, 0.4) is 0 Å². The fourth-order valence-corrected chi connectivity index (χ4v) is 2.50. The molecule has 0 atom stereocenters. The lowest BCUT2D eigenvalue weighted by Gasteiger charge is -2.13. The molecule has 1 amide bonds. The first-order valence-electron chi connectivity index (χ1n) is 7.86. The summed E-state index contributed by atoms with van der Waals surface area (Å²) in [7, 11) is 5.66. The number of nitrogens with one attached hydrogen (secondary N) is 1. The molecule has 130 valence electrons. The van der Waals surface area contributed by atoms with Crippen LogP contribution >= 0.6 is 0 Å². The van der Waals surface area contributed by atoms with Gasteiger partial charge in [-0.05, 0) is 17.7 Å². The zero-order valence-corrected chi connectivity index (χ0v) is 14.4. The summed E-state index contributed by atoms with van der Waals surface area (Å²) in [5.74, 6) is -0.246. The number of aromatic nitrogens is 4. The Balaban J connectivity index is 1.64. The zero-order valence-electron chi connectivity index (χ0n) is 14.4. The van der Waals surface area contributed by atoms with Crippen molar-refractivity contribution >= 4 is 22.6 Å². The van der Waals surface area contributed by atoms with Crippen molar-refractivity contribution in [3.63, 3.8) is 0 Å². The van der Waals surface area contributed by atoms with Crippen molar-refractivity contribution < 1.29 is 4.79 Å². The summed E-state index contributed by atoms with van der Waals surface area (Å²) >= 11 is 0. The highest BCUT2D eigenvalue weighted by Crippen LogP contribution is 2.12. The van der Waals surface area contributed by atoms with Crippen LogP contribution in [-0.2, 0) is 24.9 Å². The quantitative estimate of drug-likeness (QED) is 0.732. The van der Waals surface area contributed by atoms with Gasteiger partial charge in [0, 0.05) is 33.4 Å². The maximum Gasteiger partial charge on any atom is 0.264 e. The number of carbonyl (C=O) groups is 1. The molecule has 1 aromatic carbocycles. The first kappa shape index (κ1) is 16.7. The molecule has 0 fully saturated rings. The van der Waals surface area contributed by atoms with E-state index < -0.39 is 0 Å². The Hall–Kier alpha value is -3.16. The van der Waals surface area contributed by atoms with Crippen molar-refractivity contribution in [3.8, 4) is 0 Å². The Bertz CT molecular complexity index is 955. The third-order valence-corrected chi connectivity index (χ3v) is 3.97. The number of hydrogen-bond donors (Lipinski definition) is 1. The number of hydrogen-bond acceptors (Lipinski definition) is 5. The van der Waals surface area contributed by atoms with E-state index in [1.165, 1.54) is 21.8 Å². The average Bonchev–Trinajstić information content (AvgIpc) is 2.98. The van der Waals surface area contributed by atoms with Crippen molar-refractivity contribution in [3.05, 3.63) is 52.7 Å². The summed E-state index contributed by atoms with van der Waals surface area (Å²) in [6.07, 6.45) is 2.84. The minimum atomic E-state index is -0.274. The number of nitrogens with zero attached hydrogens (tertiary/aromatic N) is 5. The molecule has 3 aromatic rings. The molecule has 2 heterocycles. The van der Waals surface area contributed by atoms with Gasteiger partial charge in [-0.2, -0.15) is 5.10 Å². The first-order chi connectivity index (χ1) is 12.0. The molecule has 2 aromatic heterocycles. The first-order valence-corrected chi connectivity index (χ1v) is 7.86. The van der Waals surface area contributed by atoms with E-state index in [9.17, 15) is 9.59 Å². The lowest BCUT2D eigenvalue weighted by Crippen LogP contribution is -2.32. The summed E-state index contributed by atoms with van der Waals surface area (Å²) in [4.78, 5) is 30.7. The molecular weight excluding hydrogens is 320 g/mol. The zero-order chi connectivity index (χ0) is 18.0. The van der Waals surface area contributed by atoms with Crippen LogP contribution in [0, 0.1) is 0 Å². The summed E-state index contributed by atoms with van der Waals surface area (Å²) in [6, 6.07) is 7.91. The van der Waals surface area contributed by atoms with Crippen LogP contribution in [0.15, 0.2) is 41.6 Å². The van der Waals surface area contributed by atoms with Crippen LogP contribution in [0.4, 0.5) is 5.69 Å². The Morgan fingerprint density at radius 1 is 1.24 bits per heavy atom. The smallest absolute Gasteiger partial charge is 0.264 e. The van der Waals surface area contributed by atoms with Crippen LogP contribution in [-0.4, -0.2) is 39.3 Å². The number of aryl methyl sites for hydroxylation is 1. The van der Waals surface area contributed by atoms with Crippen molar-refractivity contribution in [2.24, 2.45) is 7.05 Å². The van der Waals surface area contributed by atoms with E-state index >= 15 is 0 Å². The Labute approximate surface area is 144 Å². The maximum absolute atomic E-state index is 12.3. The normalized spacial score (nSPS) is 10.8. The molecule has 25 heavy (non-hydrogen) atoms. The van der Waals surface area contributed by atoms with E-state index in [2.05, 4.69) is 15.4 Å². The fraction of sp³-hybridized carbons (Fsp3) is 0.294. The van der Waals surface area contributed by atoms with Gasteiger partial charge >= 0.3 is 0 Å². The summed E-state index contributed by atoms with van der Waals surface area (Å²) < 4.78 is 2.81. The number of carbonyl (C=O) groups excluding carboxylic acids is 1. The van der Waals surface area contributed by atoms with Gasteiger partial charge in [-0.1, -0.05) is 12.1 Å². The second kappa shape index (κ2) is 6.76. The van der Waals surface area contributed by atoms with Crippen molar-refractivity contribution in [1.82, 2.24) is 24.6 Å². The molecule has 0 unspecified atom stereocenters. The van der Waals surface area contributed by atoms with Crippen molar-refractivity contribution in [2.75, 3.05) is 19.0 Å². The summed E-state index contributed by atoms with van der Waals surface area (Å²) in [5.41, 5.74) is 2.32. The highest BCUT2D eigenvalue weighted by molar-refractivity contribution is 5.77. The summed E-state index contributed by atoms with van der Waals surface area (Å²) in [6.45, 7) is 0.330. The van der Waals surface area contributed by atoms with Gasteiger partial charge in [-0.3, -0.25) is 18.8 Å². The van der Waals surface area contributed by atoms with Gasteiger partial charge in [0.1, 0.15) is 18.3 Å². The maximum atomic E-state index is 12.3. The summed E-state index contributed by atoms with van der Waals surface area (Å²) in [5, 5.41) is 7.22. The van der Waals surface area contributed by atoms with E-state index in [0.29, 0.717) is 17.6 Å². The predicted octanol–water partition coefficient (Wildman–Crippen LogP) is 0.512. The molecule has 8 nitrogen and oxygen atoms in total. The molecular formula is C17H20N6O2. The second-order valence-corrected chi connectivity index (χ2v) is 6.02. The Morgan fingerprint density at radius 2 is 1.96 bits per heavy atom. The highest BCUT2D eigenvalue weighted by atomic mass is 16.2. The Morgan fingerprint density at radius 3 is 2.64 bits per heavy atom. The molecule has 0 aliphatic carbocycles. The number of amides is 1. The van der Waals surface area contributed by atoms with E-state index in [1.807, 2.05) is 43.3 Å². The number of fused-ring (bicyclic) bond motifs is 1. The fourth-order valence-electron chi connectivity index (χ4n) is 2.50. The van der Waals surface area contributed by atoms with Gasteiger partial charge in [-0.15, -0.1) is 0 Å². The van der Waals surface area contributed by atoms with Crippen LogP contribution < -0.4 is 15.8 Å². The topological polar surface area (TPSA) is 85.1 Å². The lowest BCUT2D eigenvalue weighted by atomic mass is 10.2. The SMILES string of the molecule is CN(C)c1ccc(CNC(=O)Cn2cnc3c(cnn3C)c2=O)cc1. The van der Waals surface area contributed by atoms with E-state index in [1.54, 1.807) is 7.05 Å². The van der Waals surface area contributed by atoms with Crippen LogP contribution in [0.1, 0.15) is 5.56 Å². The number of rotatable bonds is 5. The average molecular weight is 340 g/mol. The standard InChI is InChI=1S/C17H20N6O2/c1-21(2)13-6-4-12(5-7-13)8-18-15(24)10-23-11-19-16-14(17(23)25)9-20-22(16)3/h4-7,9,11H,8,10H2,1-3H3,(H,18,24). The van der Waals surface area contributed by atoms with Gasteiger partial charge in [-0.25, -0.2) is 4.98 Å². The van der Waals surface area contributed by atoms with Gasteiger partial charge in [0.2, 0.25) is 5.91 Å². The minimum absolute atomic E-state index is 0.0769. The van der Waals surface area contributed by atoms with E-state index in [4.69, 9.17) is 0 Å². The van der Waals surface area contributed by atoms with Gasteiger partial charge < -0.3 is 10.2 Å². The molecule has 0 aliphatic heterocycles. The predicted molar refractivity (Wildman–Crippen MR) is 95.4 cm³/mol. The third-order valence-electron chi connectivity index (χ3n) is 3.97.